The van der Waals surface area contributed by atoms with E-state index in [4.69, 9.17) is 9.47 Å². The van der Waals surface area contributed by atoms with Crippen LogP contribution in [0.15, 0.2) is 18.2 Å². The van der Waals surface area contributed by atoms with Crippen molar-refractivity contribution in [1.82, 2.24) is 5.32 Å². The van der Waals surface area contributed by atoms with E-state index in [-0.39, 0.29) is 6.79 Å². The van der Waals surface area contributed by atoms with Gasteiger partial charge in [-0.2, -0.15) is 0 Å². The van der Waals surface area contributed by atoms with Gasteiger partial charge in [-0.3, -0.25) is 0 Å². The SMILES string of the molecule is O[C@]1(c2ccc3c(c2)OCO3)CC[C@H](N[C@@H]2C[C]3CCC[C@@H]3C2)CC1. The summed E-state index contributed by atoms with van der Waals surface area (Å²) in [6, 6.07) is 7.12. The Morgan fingerprint density at radius 3 is 2.72 bits per heavy atom. The Balaban J connectivity index is 1.19. The third-order valence-corrected chi connectivity index (χ3v) is 6.90. The summed E-state index contributed by atoms with van der Waals surface area (Å²) in [6.07, 6.45) is 10.6. The molecule has 3 fully saturated rings. The highest BCUT2D eigenvalue weighted by Crippen LogP contribution is 2.46. The molecule has 4 heteroatoms. The number of hydrogen-bond acceptors (Lipinski definition) is 4. The molecule has 1 aromatic carbocycles. The van der Waals surface area contributed by atoms with Gasteiger partial charge in [0.05, 0.1) is 5.60 Å². The van der Waals surface area contributed by atoms with Crippen LogP contribution in [0.25, 0.3) is 0 Å². The highest BCUT2D eigenvalue weighted by Gasteiger charge is 2.40. The van der Waals surface area contributed by atoms with Crippen LogP contribution in [0.5, 0.6) is 11.5 Å². The Hall–Kier alpha value is -1.26. The average molecular weight is 342 g/mol. The van der Waals surface area contributed by atoms with Crippen molar-refractivity contribution >= 4 is 0 Å². The first kappa shape index (κ1) is 16.0. The van der Waals surface area contributed by atoms with E-state index < -0.39 is 5.60 Å². The maximum Gasteiger partial charge on any atom is 0.231 e. The van der Waals surface area contributed by atoms with Crippen molar-refractivity contribution in [1.29, 1.82) is 0 Å². The van der Waals surface area contributed by atoms with Crippen molar-refractivity contribution in [3.63, 3.8) is 0 Å². The minimum absolute atomic E-state index is 0.282. The zero-order valence-corrected chi connectivity index (χ0v) is 14.8. The number of aliphatic hydroxyl groups is 1. The highest BCUT2D eigenvalue weighted by molar-refractivity contribution is 5.46. The summed E-state index contributed by atoms with van der Waals surface area (Å²) in [4.78, 5) is 0. The van der Waals surface area contributed by atoms with E-state index in [1.165, 1.54) is 32.1 Å². The minimum Gasteiger partial charge on any atom is -0.454 e. The van der Waals surface area contributed by atoms with E-state index >= 15 is 0 Å². The molecule has 0 bridgehead atoms. The van der Waals surface area contributed by atoms with Crippen LogP contribution < -0.4 is 14.8 Å². The summed E-state index contributed by atoms with van der Waals surface area (Å²) in [5, 5.41) is 15.1. The van der Waals surface area contributed by atoms with Crippen molar-refractivity contribution in [3.05, 3.63) is 29.7 Å². The second-order valence-corrected chi connectivity index (χ2v) is 8.42. The number of ether oxygens (including phenoxy) is 2. The molecule has 4 nitrogen and oxygen atoms in total. The summed E-state index contributed by atoms with van der Waals surface area (Å²) in [5.74, 6) is 4.28. The van der Waals surface area contributed by atoms with Gasteiger partial charge in [-0.05, 0) is 80.9 Å². The molecule has 0 amide bonds. The standard InChI is InChI=1S/C21H28NO3/c23-21(16-4-5-19-20(12-16)25-13-24-19)8-6-17(7-9-21)22-18-10-14-2-1-3-15(14)11-18/h4-5,12,14,17-18,22-23H,1-3,6-11,13H2/t14-,17-,18+,21+/m1/s1. The zero-order chi connectivity index (χ0) is 16.9. The van der Waals surface area contributed by atoms with Crippen molar-refractivity contribution in [3.8, 4) is 11.5 Å². The third-order valence-electron chi connectivity index (χ3n) is 6.90. The first-order valence-electron chi connectivity index (χ1n) is 9.93. The van der Waals surface area contributed by atoms with Gasteiger partial charge in [0, 0.05) is 12.1 Å². The molecule has 1 aromatic rings. The Labute approximate surface area is 149 Å². The van der Waals surface area contributed by atoms with Crippen LogP contribution in [-0.2, 0) is 5.60 Å². The Bertz CT molecular complexity index is 626. The summed E-state index contributed by atoms with van der Waals surface area (Å²) in [5.41, 5.74) is 0.251. The minimum atomic E-state index is -0.722. The molecular weight excluding hydrogens is 314 g/mol. The van der Waals surface area contributed by atoms with Gasteiger partial charge >= 0.3 is 0 Å². The number of fused-ring (bicyclic) bond motifs is 2. The van der Waals surface area contributed by atoms with Gasteiger partial charge in [0.2, 0.25) is 6.79 Å². The fraction of sp³-hybridized carbons (Fsp3) is 0.667. The van der Waals surface area contributed by atoms with E-state index in [1.54, 1.807) is 0 Å². The summed E-state index contributed by atoms with van der Waals surface area (Å²) >= 11 is 0. The predicted octanol–water partition coefficient (Wildman–Crippen LogP) is 3.67. The molecule has 1 heterocycles. The quantitative estimate of drug-likeness (QED) is 0.880. The molecule has 1 radical (unpaired) electrons. The molecule has 4 aliphatic rings. The van der Waals surface area contributed by atoms with E-state index in [2.05, 4.69) is 5.32 Å². The van der Waals surface area contributed by atoms with Gasteiger partial charge < -0.3 is 19.9 Å². The number of hydrogen-bond donors (Lipinski definition) is 2. The molecule has 0 aromatic heterocycles. The molecule has 25 heavy (non-hydrogen) atoms. The topological polar surface area (TPSA) is 50.7 Å². The molecule has 0 unspecified atom stereocenters. The van der Waals surface area contributed by atoms with Crippen LogP contribution in [0.4, 0.5) is 0 Å². The van der Waals surface area contributed by atoms with E-state index in [1.807, 2.05) is 24.1 Å². The molecule has 1 aliphatic heterocycles. The van der Waals surface area contributed by atoms with Gasteiger partial charge in [0.25, 0.3) is 0 Å². The molecule has 3 aliphatic carbocycles. The van der Waals surface area contributed by atoms with Crippen molar-refractivity contribution in [2.75, 3.05) is 6.79 Å². The van der Waals surface area contributed by atoms with Crippen molar-refractivity contribution < 1.29 is 14.6 Å². The highest BCUT2D eigenvalue weighted by atomic mass is 16.7. The Morgan fingerprint density at radius 2 is 1.88 bits per heavy atom. The zero-order valence-electron chi connectivity index (χ0n) is 14.8. The summed E-state index contributed by atoms with van der Waals surface area (Å²) in [7, 11) is 0. The van der Waals surface area contributed by atoms with E-state index in [0.29, 0.717) is 12.1 Å². The van der Waals surface area contributed by atoms with Gasteiger partial charge in [0.1, 0.15) is 0 Å². The van der Waals surface area contributed by atoms with Crippen molar-refractivity contribution in [2.24, 2.45) is 5.92 Å². The lowest BCUT2D eigenvalue weighted by Gasteiger charge is -2.38. The molecule has 135 valence electrons. The molecule has 3 saturated carbocycles. The maximum atomic E-state index is 11.2. The van der Waals surface area contributed by atoms with Crippen LogP contribution in [0.3, 0.4) is 0 Å². The Morgan fingerprint density at radius 1 is 1.04 bits per heavy atom. The van der Waals surface area contributed by atoms with Crippen LogP contribution in [-0.4, -0.2) is 24.0 Å². The molecule has 2 N–H and O–H groups in total. The third kappa shape index (κ3) is 2.93. The lowest BCUT2D eigenvalue weighted by Crippen LogP contribution is -2.43. The van der Waals surface area contributed by atoms with Gasteiger partial charge in [-0.15, -0.1) is 0 Å². The molecule has 0 spiro atoms. The lowest BCUT2D eigenvalue weighted by atomic mass is 9.77. The first-order chi connectivity index (χ1) is 12.2. The van der Waals surface area contributed by atoms with Gasteiger partial charge in [-0.25, -0.2) is 0 Å². The normalized spacial score (nSPS) is 37.4. The smallest absolute Gasteiger partial charge is 0.231 e. The fourth-order valence-electron chi connectivity index (χ4n) is 5.48. The molecule has 2 atom stereocenters. The van der Waals surface area contributed by atoms with E-state index in [0.717, 1.165) is 48.7 Å². The van der Waals surface area contributed by atoms with Crippen LogP contribution in [0.1, 0.15) is 63.4 Å². The Kier molecular flexibility index (Phi) is 3.94. The van der Waals surface area contributed by atoms with Crippen LogP contribution >= 0.6 is 0 Å². The maximum absolute atomic E-state index is 11.2. The summed E-state index contributed by atoms with van der Waals surface area (Å²) < 4.78 is 10.9. The second-order valence-electron chi connectivity index (χ2n) is 8.42. The largest absolute Gasteiger partial charge is 0.454 e. The van der Waals surface area contributed by atoms with E-state index in [9.17, 15) is 5.11 Å². The average Bonchev–Trinajstić information content (AvgIpc) is 3.32. The monoisotopic (exact) mass is 342 g/mol. The molecule has 0 saturated heterocycles. The summed E-state index contributed by atoms with van der Waals surface area (Å²) in [6.45, 7) is 0.282. The molecular formula is C21H28NO3. The van der Waals surface area contributed by atoms with Crippen LogP contribution in [0, 0.1) is 11.8 Å². The second kappa shape index (κ2) is 6.17. The van der Waals surface area contributed by atoms with Gasteiger partial charge in [-0.1, -0.05) is 12.5 Å². The fourth-order valence-corrected chi connectivity index (χ4v) is 5.48. The van der Waals surface area contributed by atoms with Gasteiger partial charge in [0.15, 0.2) is 11.5 Å². The number of nitrogens with one attached hydrogen (secondary N) is 1. The number of rotatable bonds is 3. The van der Waals surface area contributed by atoms with Crippen molar-refractivity contribution in [2.45, 2.75) is 75.5 Å². The molecule has 5 rings (SSSR count). The first-order valence-corrected chi connectivity index (χ1v) is 9.93. The number of benzene rings is 1. The lowest BCUT2D eigenvalue weighted by molar-refractivity contribution is -0.00949. The van der Waals surface area contributed by atoms with Crippen LogP contribution in [0.2, 0.25) is 0 Å². The predicted molar refractivity (Wildman–Crippen MR) is 95.5 cm³/mol.